The number of allylic oxidation sites excluding steroid dienone is 1. The highest BCUT2D eigenvalue weighted by Crippen LogP contribution is 2.39. The van der Waals surface area contributed by atoms with Crippen molar-refractivity contribution in [1.29, 1.82) is 0 Å². The number of piperidine rings is 1. The highest BCUT2D eigenvalue weighted by molar-refractivity contribution is 9.10. The summed E-state index contributed by atoms with van der Waals surface area (Å²) in [6, 6.07) is 8.81. The number of likely N-dealkylation sites (tertiary alicyclic amines) is 1. The molecule has 0 unspecified atom stereocenters. The van der Waals surface area contributed by atoms with E-state index >= 15 is 0 Å². The van der Waals surface area contributed by atoms with Crippen molar-refractivity contribution in [2.75, 3.05) is 20.2 Å². The molecule has 5 heteroatoms. The number of fused-ring (bicyclic) bond motifs is 1. The molecular weight excluding hydrogens is 356 g/mol. The average Bonchev–Trinajstić information content (AvgIpc) is 2.93. The number of hydrogen-bond donors (Lipinski definition) is 0. The van der Waals surface area contributed by atoms with Crippen molar-refractivity contribution >= 4 is 21.8 Å². The first-order valence-corrected chi connectivity index (χ1v) is 8.91. The minimum Gasteiger partial charge on any atom is -0.335 e. The zero-order valence-corrected chi connectivity index (χ0v) is 15.0. The van der Waals surface area contributed by atoms with Gasteiger partial charge in [0.2, 0.25) is 5.91 Å². The van der Waals surface area contributed by atoms with E-state index < -0.39 is 0 Å². The van der Waals surface area contributed by atoms with Gasteiger partial charge in [0, 0.05) is 36.4 Å². The van der Waals surface area contributed by atoms with Crippen LogP contribution < -0.4 is 0 Å². The van der Waals surface area contributed by atoms with E-state index in [1.165, 1.54) is 5.56 Å². The molecule has 23 heavy (non-hydrogen) atoms. The first kappa shape index (κ1) is 16.7. The van der Waals surface area contributed by atoms with Gasteiger partial charge in [-0.05, 0) is 30.5 Å². The van der Waals surface area contributed by atoms with E-state index in [1.807, 2.05) is 30.3 Å². The monoisotopic (exact) mass is 378 g/mol. The van der Waals surface area contributed by atoms with Crippen LogP contribution in [0.1, 0.15) is 30.9 Å². The number of carbonyl (C=O) groups excluding carboxylic acids is 1. The lowest BCUT2D eigenvalue weighted by Crippen LogP contribution is -2.49. The van der Waals surface area contributed by atoms with Crippen LogP contribution in [0.25, 0.3) is 0 Å². The number of hydrogen-bond acceptors (Lipinski definition) is 3. The molecule has 1 aromatic carbocycles. The van der Waals surface area contributed by atoms with Crippen molar-refractivity contribution < 1.29 is 9.63 Å². The summed E-state index contributed by atoms with van der Waals surface area (Å²) in [6.45, 7) is 5.20. The Labute approximate surface area is 146 Å². The fourth-order valence-electron chi connectivity index (χ4n) is 3.61. The van der Waals surface area contributed by atoms with Crippen LogP contribution in [0, 0.1) is 5.92 Å². The molecule has 0 radical (unpaired) electrons. The van der Waals surface area contributed by atoms with Crippen molar-refractivity contribution in [1.82, 2.24) is 9.96 Å². The molecule has 1 aromatic rings. The Morgan fingerprint density at radius 2 is 2.17 bits per heavy atom. The Kier molecular flexibility index (Phi) is 5.19. The fraction of sp³-hybridized carbons (Fsp3) is 0.500. The number of rotatable bonds is 4. The summed E-state index contributed by atoms with van der Waals surface area (Å²) in [4.78, 5) is 20.4. The quantitative estimate of drug-likeness (QED) is 0.751. The zero-order valence-electron chi connectivity index (χ0n) is 13.5. The molecule has 0 saturated carbocycles. The molecule has 3 atom stereocenters. The highest BCUT2D eigenvalue weighted by Gasteiger charge is 2.43. The Hall–Kier alpha value is -1.17. The molecule has 0 aromatic heterocycles. The fourth-order valence-corrected chi connectivity index (χ4v) is 3.88. The summed E-state index contributed by atoms with van der Waals surface area (Å²) < 4.78 is 1.06. The van der Waals surface area contributed by atoms with E-state index in [-0.39, 0.29) is 11.9 Å². The van der Waals surface area contributed by atoms with Gasteiger partial charge in [-0.3, -0.25) is 9.63 Å². The van der Waals surface area contributed by atoms with Crippen LogP contribution in [0.3, 0.4) is 0 Å². The van der Waals surface area contributed by atoms with Gasteiger partial charge in [-0.15, -0.1) is 6.58 Å². The summed E-state index contributed by atoms with van der Waals surface area (Å²) in [7, 11) is 2.00. The molecule has 0 N–H and O–H groups in total. The predicted molar refractivity (Wildman–Crippen MR) is 93.6 cm³/mol. The van der Waals surface area contributed by atoms with E-state index in [0.29, 0.717) is 25.0 Å². The van der Waals surface area contributed by atoms with Crippen LogP contribution >= 0.6 is 15.9 Å². The normalized spacial score (nSPS) is 27.7. The molecule has 4 nitrogen and oxygen atoms in total. The second-order valence-corrected chi connectivity index (χ2v) is 7.26. The number of halogens is 1. The van der Waals surface area contributed by atoms with Gasteiger partial charge in [0.05, 0.1) is 12.6 Å². The minimum atomic E-state index is 0.116. The zero-order chi connectivity index (χ0) is 16.4. The van der Waals surface area contributed by atoms with E-state index in [1.54, 1.807) is 0 Å². The topological polar surface area (TPSA) is 32.8 Å². The standard InChI is InChI=1S/C18H23BrN2O2/c1-3-4-5-18(22)21-11-14-12-23-20(2)16(14)10-17(21)13-6-8-15(19)9-7-13/h3,6-9,14,16-17H,1,4-5,10-12H2,2H3/t14-,16-,17-/m0/s1. The molecule has 0 aliphatic carbocycles. The van der Waals surface area contributed by atoms with Crippen molar-refractivity contribution in [3.63, 3.8) is 0 Å². The number of carbonyl (C=O) groups is 1. The van der Waals surface area contributed by atoms with Crippen LogP contribution in [0.4, 0.5) is 0 Å². The molecule has 2 aliphatic heterocycles. The second-order valence-electron chi connectivity index (χ2n) is 6.35. The summed E-state index contributed by atoms with van der Waals surface area (Å²) >= 11 is 3.48. The Morgan fingerprint density at radius 1 is 1.43 bits per heavy atom. The molecule has 2 saturated heterocycles. The Bertz CT molecular complexity index is 575. The lowest BCUT2D eigenvalue weighted by Gasteiger charge is -2.42. The third-order valence-electron chi connectivity index (χ3n) is 4.91. The second kappa shape index (κ2) is 7.16. The Morgan fingerprint density at radius 3 is 2.87 bits per heavy atom. The van der Waals surface area contributed by atoms with Crippen molar-refractivity contribution in [2.45, 2.75) is 31.3 Å². The lowest BCUT2D eigenvalue weighted by molar-refractivity contribution is -0.139. The van der Waals surface area contributed by atoms with E-state index in [9.17, 15) is 4.79 Å². The summed E-state index contributed by atoms with van der Waals surface area (Å²) in [5, 5.41) is 1.97. The van der Waals surface area contributed by atoms with Gasteiger partial charge in [-0.2, -0.15) is 5.06 Å². The van der Waals surface area contributed by atoms with Gasteiger partial charge < -0.3 is 4.90 Å². The number of benzene rings is 1. The molecule has 2 heterocycles. The first-order chi connectivity index (χ1) is 11.1. The molecule has 1 amide bonds. The Balaban J connectivity index is 1.85. The van der Waals surface area contributed by atoms with Crippen LogP contribution in [0.15, 0.2) is 41.4 Å². The van der Waals surface area contributed by atoms with Gasteiger partial charge in [-0.25, -0.2) is 0 Å². The summed E-state index contributed by atoms with van der Waals surface area (Å²) in [5.74, 6) is 0.616. The summed E-state index contributed by atoms with van der Waals surface area (Å²) in [5.41, 5.74) is 1.19. The van der Waals surface area contributed by atoms with E-state index in [4.69, 9.17) is 4.84 Å². The highest BCUT2D eigenvalue weighted by atomic mass is 79.9. The molecule has 0 spiro atoms. The summed E-state index contributed by atoms with van der Waals surface area (Å²) in [6.07, 6.45) is 3.99. The molecule has 0 bridgehead atoms. The molecule has 2 fully saturated rings. The average molecular weight is 379 g/mol. The van der Waals surface area contributed by atoms with Crippen molar-refractivity contribution in [2.24, 2.45) is 5.92 Å². The largest absolute Gasteiger partial charge is 0.335 e. The van der Waals surface area contributed by atoms with E-state index in [2.05, 4.69) is 39.5 Å². The van der Waals surface area contributed by atoms with Gasteiger partial charge in [0.25, 0.3) is 0 Å². The third kappa shape index (κ3) is 3.52. The minimum absolute atomic E-state index is 0.116. The van der Waals surface area contributed by atoms with Crippen LogP contribution in [0.5, 0.6) is 0 Å². The number of amides is 1. The maximum atomic E-state index is 12.7. The number of nitrogens with zero attached hydrogens (tertiary/aromatic N) is 2. The van der Waals surface area contributed by atoms with Gasteiger partial charge in [0.15, 0.2) is 0 Å². The third-order valence-corrected chi connectivity index (χ3v) is 5.44. The molecule has 124 valence electrons. The number of hydroxylamine groups is 2. The van der Waals surface area contributed by atoms with Crippen molar-refractivity contribution in [3.8, 4) is 0 Å². The van der Waals surface area contributed by atoms with Crippen LogP contribution in [-0.4, -0.2) is 42.1 Å². The maximum absolute atomic E-state index is 12.7. The molecule has 2 aliphatic rings. The van der Waals surface area contributed by atoms with Crippen molar-refractivity contribution in [3.05, 3.63) is 47.0 Å². The van der Waals surface area contributed by atoms with Gasteiger partial charge >= 0.3 is 0 Å². The smallest absolute Gasteiger partial charge is 0.223 e. The van der Waals surface area contributed by atoms with Crippen LogP contribution in [-0.2, 0) is 9.63 Å². The molecular formula is C18H23BrN2O2. The lowest BCUT2D eigenvalue weighted by atomic mass is 9.85. The van der Waals surface area contributed by atoms with Crippen LogP contribution in [0.2, 0.25) is 0 Å². The predicted octanol–water partition coefficient (Wildman–Crippen LogP) is 3.55. The SMILES string of the molecule is C=CCCC(=O)N1C[C@H]2CON(C)[C@H]2C[C@H]1c1ccc(Br)cc1. The maximum Gasteiger partial charge on any atom is 0.223 e. The van der Waals surface area contributed by atoms with Gasteiger partial charge in [-0.1, -0.05) is 34.1 Å². The first-order valence-electron chi connectivity index (χ1n) is 8.11. The molecule has 3 rings (SSSR count). The van der Waals surface area contributed by atoms with Gasteiger partial charge in [0.1, 0.15) is 0 Å². The van der Waals surface area contributed by atoms with E-state index in [0.717, 1.165) is 23.9 Å².